The van der Waals surface area contributed by atoms with E-state index in [4.69, 9.17) is 9.47 Å². The lowest BCUT2D eigenvalue weighted by Gasteiger charge is -2.28. The Morgan fingerprint density at radius 2 is 2.33 bits per heavy atom. The molecule has 0 saturated carbocycles. The van der Waals surface area contributed by atoms with E-state index >= 15 is 0 Å². The molecule has 1 aromatic rings. The van der Waals surface area contributed by atoms with Gasteiger partial charge in [-0.15, -0.1) is 0 Å². The molecule has 1 aliphatic rings. The van der Waals surface area contributed by atoms with Gasteiger partial charge in [0, 0.05) is 21.5 Å². The van der Waals surface area contributed by atoms with Gasteiger partial charge >= 0.3 is 0 Å². The summed E-state index contributed by atoms with van der Waals surface area (Å²) >= 11 is 7.35. The highest BCUT2D eigenvalue weighted by atomic mass is 79.9. The van der Waals surface area contributed by atoms with Crippen molar-refractivity contribution in [2.45, 2.75) is 24.6 Å². The zero-order valence-electron chi connectivity index (χ0n) is 10.5. The van der Waals surface area contributed by atoms with E-state index in [1.165, 1.54) is 12.0 Å². The molecule has 0 spiro atoms. The Bertz CT molecular complexity index is 389. The lowest BCUT2D eigenvalue weighted by molar-refractivity contribution is 0.0543. The summed E-state index contributed by atoms with van der Waals surface area (Å²) in [4.78, 5) is 0.289. The van der Waals surface area contributed by atoms with Gasteiger partial charge in [-0.25, -0.2) is 0 Å². The van der Waals surface area contributed by atoms with E-state index < -0.39 is 0 Å². The molecular weight excluding hydrogens is 360 g/mol. The van der Waals surface area contributed by atoms with E-state index in [-0.39, 0.29) is 4.83 Å². The minimum absolute atomic E-state index is 0.289. The highest BCUT2D eigenvalue weighted by Gasteiger charge is 2.26. The van der Waals surface area contributed by atoms with Crippen molar-refractivity contribution in [2.75, 3.05) is 19.8 Å². The number of hydrogen-bond donors (Lipinski definition) is 0. The highest BCUT2D eigenvalue weighted by Crippen LogP contribution is 2.41. The van der Waals surface area contributed by atoms with E-state index in [2.05, 4.69) is 37.9 Å². The van der Waals surface area contributed by atoms with Crippen LogP contribution in [0.5, 0.6) is 5.75 Å². The van der Waals surface area contributed by atoms with Crippen molar-refractivity contribution in [3.8, 4) is 5.75 Å². The first-order chi connectivity index (χ1) is 8.72. The molecule has 1 heterocycles. The summed E-state index contributed by atoms with van der Waals surface area (Å²) in [6.07, 6.45) is 2.35. The van der Waals surface area contributed by atoms with Gasteiger partial charge in [0.05, 0.1) is 13.2 Å². The minimum atomic E-state index is 0.289. The van der Waals surface area contributed by atoms with Crippen molar-refractivity contribution in [1.29, 1.82) is 0 Å². The molecule has 1 aliphatic heterocycles. The molecule has 1 fully saturated rings. The molecule has 0 N–H and O–H groups in total. The molecule has 18 heavy (non-hydrogen) atoms. The van der Waals surface area contributed by atoms with Crippen LogP contribution in [0.25, 0.3) is 0 Å². The maximum absolute atomic E-state index is 5.71. The third kappa shape index (κ3) is 3.49. The molecule has 2 nitrogen and oxygen atoms in total. The molecule has 0 aromatic heterocycles. The van der Waals surface area contributed by atoms with Crippen LogP contribution < -0.4 is 4.74 Å². The van der Waals surface area contributed by atoms with E-state index in [0.717, 1.165) is 29.9 Å². The highest BCUT2D eigenvalue weighted by molar-refractivity contribution is 9.10. The third-order valence-electron chi connectivity index (χ3n) is 3.18. The van der Waals surface area contributed by atoms with Crippen LogP contribution >= 0.6 is 31.9 Å². The van der Waals surface area contributed by atoms with Gasteiger partial charge in [-0.05, 0) is 43.9 Å². The maximum atomic E-state index is 5.71. The smallest absolute Gasteiger partial charge is 0.123 e. The van der Waals surface area contributed by atoms with E-state index in [9.17, 15) is 0 Å². The lowest BCUT2D eigenvalue weighted by atomic mass is 9.93. The van der Waals surface area contributed by atoms with Crippen molar-refractivity contribution in [2.24, 2.45) is 5.92 Å². The van der Waals surface area contributed by atoms with Crippen molar-refractivity contribution >= 4 is 31.9 Å². The molecule has 1 aromatic carbocycles. The van der Waals surface area contributed by atoms with Crippen LogP contribution in [0, 0.1) is 5.92 Å². The number of halogens is 2. The predicted octanol–water partition coefficient (Wildman–Crippen LogP) is 4.71. The summed E-state index contributed by atoms with van der Waals surface area (Å²) in [6.45, 7) is 4.43. The molecule has 100 valence electrons. The van der Waals surface area contributed by atoms with Gasteiger partial charge in [0.25, 0.3) is 0 Å². The molecule has 2 unspecified atom stereocenters. The zero-order chi connectivity index (χ0) is 13.0. The van der Waals surface area contributed by atoms with Crippen LogP contribution in [-0.2, 0) is 4.74 Å². The second-order valence-electron chi connectivity index (χ2n) is 4.49. The summed E-state index contributed by atoms with van der Waals surface area (Å²) in [5, 5.41) is 0. The Kier molecular flexibility index (Phi) is 5.52. The first-order valence-corrected chi connectivity index (χ1v) is 8.07. The average molecular weight is 378 g/mol. The van der Waals surface area contributed by atoms with Gasteiger partial charge in [-0.2, -0.15) is 0 Å². The second-order valence-corrected chi connectivity index (χ2v) is 6.40. The molecule has 0 amide bonds. The van der Waals surface area contributed by atoms with E-state index in [0.29, 0.717) is 12.5 Å². The minimum Gasteiger partial charge on any atom is -0.494 e. The van der Waals surface area contributed by atoms with Crippen molar-refractivity contribution in [3.05, 3.63) is 28.2 Å². The summed E-state index contributed by atoms with van der Waals surface area (Å²) in [5.41, 5.74) is 1.21. The standard InChI is InChI=1S/C14H18Br2O2/c1-2-18-13-6-5-11(15)8-12(13)14(16)10-4-3-7-17-9-10/h5-6,8,10,14H,2-4,7,9H2,1H3. The second kappa shape index (κ2) is 6.92. The average Bonchev–Trinajstić information content (AvgIpc) is 2.41. The topological polar surface area (TPSA) is 18.5 Å². The Morgan fingerprint density at radius 1 is 1.50 bits per heavy atom. The van der Waals surface area contributed by atoms with Gasteiger partial charge < -0.3 is 9.47 Å². The molecule has 4 heteroatoms. The normalized spacial score (nSPS) is 21.6. The molecule has 0 bridgehead atoms. The fourth-order valence-corrected chi connectivity index (χ4v) is 3.43. The predicted molar refractivity (Wildman–Crippen MR) is 80.5 cm³/mol. The quantitative estimate of drug-likeness (QED) is 0.707. The van der Waals surface area contributed by atoms with Crippen LogP contribution in [0.1, 0.15) is 30.2 Å². The first-order valence-electron chi connectivity index (χ1n) is 6.36. The molecule has 0 radical (unpaired) electrons. The Balaban J connectivity index is 2.21. The van der Waals surface area contributed by atoms with E-state index in [1.54, 1.807) is 0 Å². The van der Waals surface area contributed by atoms with Gasteiger partial charge in [0.1, 0.15) is 5.75 Å². The Labute approximate surface area is 125 Å². The van der Waals surface area contributed by atoms with Crippen LogP contribution in [0.15, 0.2) is 22.7 Å². The monoisotopic (exact) mass is 376 g/mol. The van der Waals surface area contributed by atoms with Gasteiger partial charge in [-0.1, -0.05) is 31.9 Å². The van der Waals surface area contributed by atoms with Crippen molar-refractivity contribution < 1.29 is 9.47 Å². The third-order valence-corrected chi connectivity index (χ3v) is 4.91. The largest absolute Gasteiger partial charge is 0.494 e. The number of hydrogen-bond acceptors (Lipinski definition) is 2. The van der Waals surface area contributed by atoms with Gasteiger partial charge in [0.2, 0.25) is 0 Å². The van der Waals surface area contributed by atoms with Crippen LogP contribution in [0.3, 0.4) is 0 Å². The SMILES string of the molecule is CCOc1ccc(Br)cc1C(Br)C1CCCOC1. The van der Waals surface area contributed by atoms with Crippen LogP contribution in [0.4, 0.5) is 0 Å². The first kappa shape index (κ1) is 14.4. The molecule has 2 rings (SSSR count). The lowest BCUT2D eigenvalue weighted by Crippen LogP contribution is -2.21. The number of ether oxygens (including phenoxy) is 2. The summed E-state index contributed by atoms with van der Waals surface area (Å²) in [5.74, 6) is 1.49. The molecule has 1 saturated heterocycles. The molecule has 0 aliphatic carbocycles. The van der Waals surface area contributed by atoms with Gasteiger partial charge in [0.15, 0.2) is 0 Å². The number of alkyl halides is 1. The van der Waals surface area contributed by atoms with Crippen LogP contribution in [0.2, 0.25) is 0 Å². The Morgan fingerprint density at radius 3 is 3.00 bits per heavy atom. The fourth-order valence-electron chi connectivity index (χ4n) is 2.27. The van der Waals surface area contributed by atoms with E-state index in [1.807, 2.05) is 19.1 Å². The zero-order valence-corrected chi connectivity index (χ0v) is 13.7. The summed E-state index contributed by atoms with van der Waals surface area (Å²) in [7, 11) is 0. The Hall–Kier alpha value is -0.0600. The number of benzene rings is 1. The van der Waals surface area contributed by atoms with Crippen molar-refractivity contribution in [3.63, 3.8) is 0 Å². The van der Waals surface area contributed by atoms with Crippen LogP contribution in [-0.4, -0.2) is 19.8 Å². The maximum Gasteiger partial charge on any atom is 0.123 e. The number of rotatable bonds is 4. The molecule has 2 atom stereocenters. The van der Waals surface area contributed by atoms with Gasteiger partial charge in [-0.3, -0.25) is 0 Å². The summed E-state index contributed by atoms with van der Waals surface area (Å²) < 4.78 is 12.4. The summed E-state index contributed by atoms with van der Waals surface area (Å²) in [6, 6.07) is 6.19. The molecular formula is C14H18Br2O2. The van der Waals surface area contributed by atoms with Crippen molar-refractivity contribution in [1.82, 2.24) is 0 Å². The fraction of sp³-hybridized carbons (Fsp3) is 0.571.